The van der Waals surface area contributed by atoms with Crippen molar-refractivity contribution in [3.8, 4) is 11.5 Å². The van der Waals surface area contributed by atoms with Crippen LogP contribution in [-0.4, -0.2) is 59.0 Å². The van der Waals surface area contributed by atoms with Gasteiger partial charge in [0.05, 0.1) is 6.61 Å². The van der Waals surface area contributed by atoms with Gasteiger partial charge in [0, 0.05) is 24.7 Å². The molecule has 2 aliphatic heterocycles. The Morgan fingerprint density at radius 1 is 1.00 bits per heavy atom. The summed E-state index contributed by atoms with van der Waals surface area (Å²) >= 11 is 0. The van der Waals surface area contributed by atoms with Crippen LogP contribution >= 0.6 is 0 Å². The Labute approximate surface area is 234 Å². The first kappa shape index (κ1) is 30.2. The highest BCUT2D eigenvalue weighted by Crippen LogP contribution is 2.38. The number of benzene rings is 2. The topological polar surface area (TPSA) is 82.0 Å². The van der Waals surface area contributed by atoms with Crippen LogP contribution in [0.3, 0.4) is 0 Å². The number of nitrogens with one attached hydrogen (secondary N) is 1. The molecule has 1 saturated heterocycles. The highest BCUT2D eigenvalue weighted by Gasteiger charge is 2.38. The molecular weight excluding hydrogens is 521 g/mol. The van der Waals surface area contributed by atoms with Crippen molar-refractivity contribution in [2.45, 2.75) is 94.9 Å². The molecule has 2 atom stereocenters. The highest BCUT2D eigenvalue weighted by molar-refractivity contribution is 5.73. The lowest BCUT2D eigenvalue weighted by atomic mass is 9.84. The molecule has 2 heterocycles. The van der Waals surface area contributed by atoms with Crippen LogP contribution in [0.4, 0.5) is 13.2 Å². The number of carbonyl (C=O) groups is 1. The number of piperidine rings is 1. The third kappa shape index (κ3) is 8.61. The fraction of sp³-hybridized carbons (Fsp3) is 0.581. The Kier molecular flexibility index (Phi) is 10.7. The number of hydrogen-bond acceptors (Lipinski definition) is 5. The van der Waals surface area contributed by atoms with E-state index >= 15 is 0 Å². The van der Waals surface area contributed by atoms with Crippen molar-refractivity contribution in [1.29, 1.82) is 0 Å². The molecule has 0 spiro atoms. The van der Waals surface area contributed by atoms with E-state index in [1.807, 2.05) is 12.1 Å². The molecule has 1 aliphatic carbocycles. The number of rotatable bonds is 7. The van der Waals surface area contributed by atoms with Crippen molar-refractivity contribution < 1.29 is 32.9 Å². The molecule has 0 aromatic heterocycles. The Bertz CT molecular complexity index is 1080. The number of ether oxygens (including phenoxy) is 1. The van der Waals surface area contributed by atoms with Gasteiger partial charge in [0.25, 0.3) is 0 Å². The lowest BCUT2D eigenvalue weighted by molar-refractivity contribution is -0.192. The third-order valence-electron chi connectivity index (χ3n) is 8.31. The summed E-state index contributed by atoms with van der Waals surface area (Å²) < 4.78 is 37.8. The van der Waals surface area contributed by atoms with Gasteiger partial charge >= 0.3 is 12.1 Å². The maximum absolute atomic E-state index is 10.6. The van der Waals surface area contributed by atoms with E-state index < -0.39 is 12.1 Å². The van der Waals surface area contributed by atoms with Crippen LogP contribution in [0.2, 0.25) is 0 Å². The van der Waals surface area contributed by atoms with Crippen molar-refractivity contribution in [3.63, 3.8) is 0 Å². The van der Waals surface area contributed by atoms with Crippen molar-refractivity contribution in [2.75, 3.05) is 19.7 Å². The smallest absolute Gasteiger partial charge is 0.490 e. The van der Waals surface area contributed by atoms with Crippen LogP contribution in [0.15, 0.2) is 42.5 Å². The van der Waals surface area contributed by atoms with E-state index in [1.54, 1.807) is 0 Å². The third-order valence-corrected chi connectivity index (χ3v) is 8.31. The van der Waals surface area contributed by atoms with Gasteiger partial charge in [-0.05, 0) is 92.4 Å². The van der Waals surface area contributed by atoms with Gasteiger partial charge in [0.2, 0.25) is 0 Å². The summed E-state index contributed by atoms with van der Waals surface area (Å²) in [5, 5.41) is 20.8. The summed E-state index contributed by atoms with van der Waals surface area (Å²) in [6.07, 6.45) is 8.75. The second-order valence-electron chi connectivity index (χ2n) is 11.1. The van der Waals surface area contributed by atoms with Crippen molar-refractivity contribution in [1.82, 2.24) is 10.2 Å². The summed E-state index contributed by atoms with van der Waals surface area (Å²) in [4.78, 5) is 11.7. The Morgan fingerprint density at radius 2 is 1.70 bits per heavy atom. The van der Waals surface area contributed by atoms with Crippen LogP contribution in [-0.2, 0) is 17.6 Å². The number of halogens is 3. The largest absolute Gasteiger partial charge is 0.508 e. The minimum Gasteiger partial charge on any atom is -0.508 e. The molecule has 2 fully saturated rings. The number of hydrogen-bond donors (Lipinski definition) is 3. The summed E-state index contributed by atoms with van der Waals surface area (Å²) in [6.45, 7) is 3.04. The van der Waals surface area contributed by atoms with E-state index in [0.717, 1.165) is 44.7 Å². The van der Waals surface area contributed by atoms with Gasteiger partial charge in [-0.3, -0.25) is 4.90 Å². The highest BCUT2D eigenvalue weighted by atomic mass is 19.4. The Morgan fingerprint density at radius 3 is 2.35 bits per heavy atom. The predicted octanol–water partition coefficient (Wildman–Crippen LogP) is 6.41. The van der Waals surface area contributed by atoms with E-state index in [1.165, 1.54) is 68.1 Å². The van der Waals surface area contributed by atoms with E-state index in [2.05, 4.69) is 40.5 Å². The molecule has 3 aliphatic rings. The van der Waals surface area contributed by atoms with E-state index in [-0.39, 0.29) is 0 Å². The molecule has 0 radical (unpaired) electrons. The van der Waals surface area contributed by atoms with Crippen LogP contribution in [0.5, 0.6) is 11.5 Å². The predicted molar refractivity (Wildman–Crippen MR) is 148 cm³/mol. The van der Waals surface area contributed by atoms with Crippen LogP contribution < -0.4 is 10.1 Å². The number of fused-ring (bicyclic) bond motifs is 1. The zero-order valence-electron chi connectivity index (χ0n) is 23.0. The number of phenols is 1. The molecule has 9 heteroatoms. The second kappa shape index (κ2) is 14.2. The van der Waals surface area contributed by atoms with Gasteiger partial charge in [0.1, 0.15) is 11.5 Å². The summed E-state index contributed by atoms with van der Waals surface area (Å²) in [5.74, 6) is -1.39. The Hall–Kier alpha value is -2.78. The first-order valence-corrected chi connectivity index (χ1v) is 14.5. The van der Waals surface area contributed by atoms with Crippen LogP contribution in [0.25, 0.3) is 0 Å². The number of phenolic OH excluding ortho intramolecular Hbond substituents is 1. The first-order valence-electron chi connectivity index (χ1n) is 14.5. The SMILES string of the molecule is O=C(O)C(F)(F)F.Oc1ccc2c(c1)CCN(C1CCCCC1)C2Cc1ccc(OCCC2CCCCN2)cc1. The summed E-state index contributed by atoms with van der Waals surface area (Å²) in [7, 11) is 0. The van der Waals surface area contributed by atoms with Gasteiger partial charge in [0.15, 0.2) is 0 Å². The molecule has 5 rings (SSSR count). The zero-order chi connectivity index (χ0) is 28.5. The zero-order valence-corrected chi connectivity index (χ0v) is 23.0. The fourth-order valence-electron chi connectivity index (χ4n) is 6.23. The fourth-order valence-corrected chi connectivity index (χ4v) is 6.23. The molecule has 2 aromatic carbocycles. The van der Waals surface area contributed by atoms with E-state index in [9.17, 15) is 18.3 Å². The minimum atomic E-state index is -5.08. The number of carboxylic acid groups (broad SMARTS) is 1. The molecule has 0 bridgehead atoms. The van der Waals surface area contributed by atoms with Crippen LogP contribution in [0, 0.1) is 0 Å². The van der Waals surface area contributed by atoms with Crippen molar-refractivity contribution >= 4 is 5.97 Å². The second-order valence-corrected chi connectivity index (χ2v) is 11.1. The molecule has 2 unspecified atom stereocenters. The molecular formula is C31H41F3N2O4. The molecule has 40 heavy (non-hydrogen) atoms. The van der Waals surface area contributed by atoms with E-state index in [4.69, 9.17) is 14.6 Å². The maximum Gasteiger partial charge on any atom is 0.490 e. The molecule has 0 amide bonds. The van der Waals surface area contributed by atoms with Gasteiger partial charge in [-0.15, -0.1) is 0 Å². The normalized spacial score (nSPS) is 22.1. The van der Waals surface area contributed by atoms with Crippen LogP contribution in [0.1, 0.15) is 80.5 Å². The average molecular weight is 563 g/mol. The molecule has 3 N–H and O–H groups in total. The molecule has 2 aromatic rings. The van der Waals surface area contributed by atoms with E-state index in [0.29, 0.717) is 23.9 Å². The number of alkyl halides is 3. The lowest BCUT2D eigenvalue weighted by Gasteiger charge is -2.44. The number of carboxylic acids is 1. The number of aliphatic carboxylic acids is 1. The lowest BCUT2D eigenvalue weighted by Crippen LogP contribution is -2.44. The summed E-state index contributed by atoms with van der Waals surface area (Å²) in [6, 6.07) is 16.5. The number of aromatic hydroxyl groups is 1. The monoisotopic (exact) mass is 562 g/mol. The quantitative estimate of drug-likeness (QED) is 0.362. The van der Waals surface area contributed by atoms with Gasteiger partial charge in [-0.2, -0.15) is 13.2 Å². The van der Waals surface area contributed by atoms with Crippen molar-refractivity contribution in [3.05, 3.63) is 59.2 Å². The van der Waals surface area contributed by atoms with Gasteiger partial charge in [-0.1, -0.05) is 43.9 Å². The molecule has 1 saturated carbocycles. The average Bonchev–Trinajstić information content (AvgIpc) is 2.95. The van der Waals surface area contributed by atoms with Crippen molar-refractivity contribution in [2.24, 2.45) is 0 Å². The molecule has 220 valence electrons. The summed E-state index contributed by atoms with van der Waals surface area (Å²) in [5.41, 5.74) is 4.09. The minimum absolute atomic E-state index is 0.390. The van der Waals surface area contributed by atoms with Gasteiger partial charge in [-0.25, -0.2) is 4.79 Å². The molecule has 6 nitrogen and oxygen atoms in total. The standard InChI is InChI=1S/C29H40N2O2.C2HF3O2/c32-26-11-14-28-23(21-26)15-18-31(25-7-2-1-3-8-25)29(28)20-22-9-12-27(13-10-22)33-19-16-24-6-4-5-17-30-24;3-2(4,5)1(6)7/h9-14,21,24-25,29-30,32H,1-8,15-20H2;(H,6,7). The number of nitrogens with zero attached hydrogens (tertiary/aromatic N) is 1. The maximum atomic E-state index is 10.6. The van der Waals surface area contributed by atoms with Gasteiger partial charge < -0.3 is 20.3 Å². The first-order chi connectivity index (χ1) is 19.2. The Balaban J connectivity index is 0.000000470.